The number of aromatic nitrogens is 3. The lowest BCUT2D eigenvalue weighted by Gasteiger charge is -2.09. The van der Waals surface area contributed by atoms with Crippen LogP contribution in [0.25, 0.3) is 0 Å². The van der Waals surface area contributed by atoms with E-state index in [4.69, 9.17) is 23.2 Å². The first kappa shape index (κ1) is 14.9. The molecule has 0 bridgehead atoms. The first-order valence-electron chi connectivity index (χ1n) is 5.42. The highest BCUT2D eigenvalue weighted by molar-refractivity contribution is 6.41. The summed E-state index contributed by atoms with van der Waals surface area (Å²) in [4.78, 5) is 7.12. The van der Waals surface area contributed by atoms with Crippen molar-refractivity contribution in [3.63, 3.8) is 0 Å². The highest BCUT2D eigenvalue weighted by atomic mass is 35.5. The SMILES string of the molecule is Cn1c(CNc2nccc(C(F)(F)F)n2)cc(Cl)c1Cl. The lowest BCUT2D eigenvalue weighted by atomic mass is 10.4. The van der Waals surface area contributed by atoms with Gasteiger partial charge in [0, 0.05) is 18.9 Å². The highest BCUT2D eigenvalue weighted by Crippen LogP contribution is 2.28. The van der Waals surface area contributed by atoms with Crippen LogP contribution in [-0.4, -0.2) is 14.5 Å². The fourth-order valence-corrected chi connectivity index (χ4v) is 1.95. The lowest BCUT2D eigenvalue weighted by molar-refractivity contribution is -0.141. The van der Waals surface area contributed by atoms with Crippen LogP contribution in [0.1, 0.15) is 11.4 Å². The highest BCUT2D eigenvalue weighted by Gasteiger charge is 2.32. The molecular formula is C11H9Cl2F3N4. The molecule has 0 aliphatic rings. The number of rotatable bonds is 3. The molecule has 0 radical (unpaired) electrons. The summed E-state index contributed by atoms with van der Waals surface area (Å²) in [5.41, 5.74) is -0.307. The Morgan fingerprint density at radius 1 is 1.35 bits per heavy atom. The number of nitrogens with zero attached hydrogens (tertiary/aromatic N) is 3. The lowest BCUT2D eigenvalue weighted by Crippen LogP contribution is -2.12. The minimum Gasteiger partial charge on any atom is -0.349 e. The van der Waals surface area contributed by atoms with E-state index < -0.39 is 11.9 Å². The van der Waals surface area contributed by atoms with Crippen LogP contribution in [0.3, 0.4) is 0 Å². The normalized spacial score (nSPS) is 11.7. The van der Waals surface area contributed by atoms with Gasteiger partial charge in [0.25, 0.3) is 0 Å². The molecule has 0 saturated carbocycles. The molecule has 0 aliphatic heterocycles. The number of hydrogen-bond acceptors (Lipinski definition) is 3. The van der Waals surface area contributed by atoms with Crippen LogP contribution in [0.15, 0.2) is 18.3 Å². The van der Waals surface area contributed by atoms with E-state index in [1.54, 1.807) is 17.7 Å². The van der Waals surface area contributed by atoms with Gasteiger partial charge >= 0.3 is 6.18 Å². The van der Waals surface area contributed by atoms with Gasteiger partial charge in [-0.3, -0.25) is 0 Å². The number of anilines is 1. The Kier molecular flexibility index (Phi) is 4.10. The third kappa shape index (κ3) is 3.16. The largest absolute Gasteiger partial charge is 0.433 e. The Bertz CT molecular complexity index is 625. The minimum atomic E-state index is -4.50. The summed E-state index contributed by atoms with van der Waals surface area (Å²) >= 11 is 11.7. The number of alkyl halides is 3. The number of halogens is 5. The summed E-state index contributed by atoms with van der Waals surface area (Å²) in [6, 6.07) is 2.42. The van der Waals surface area contributed by atoms with Gasteiger partial charge in [0.05, 0.1) is 11.6 Å². The van der Waals surface area contributed by atoms with Crippen LogP contribution in [0.5, 0.6) is 0 Å². The van der Waals surface area contributed by atoms with Gasteiger partial charge in [0.15, 0.2) is 0 Å². The minimum absolute atomic E-state index is 0.117. The van der Waals surface area contributed by atoms with E-state index in [0.29, 0.717) is 15.9 Å². The van der Waals surface area contributed by atoms with Gasteiger partial charge in [-0.25, -0.2) is 9.97 Å². The molecule has 2 aromatic rings. The second kappa shape index (κ2) is 5.49. The van der Waals surface area contributed by atoms with Gasteiger partial charge in [-0.05, 0) is 12.1 Å². The van der Waals surface area contributed by atoms with Gasteiger partial charge < -0.3 is 9.88 Å². The zero-order chi connectivity index (χ0) is 14.9. The summed E-state index contributed by atoms with van der Waals surface area (Å²) in [7, 11) is 1.69. The molecule has 1 N–H and O–H groups in total. The molecule has 0 spiro atoms. The van der Waals surface area contributed by atoms with E-state index in [-0.39, 0.29) is 12.5 Å². The van der Waals surface area contributed by atoms with E-state index >= 15 is 0 Å². The van der Waals surface area contributed by atoms with E-state index in [1.165, 1.54) is 0 Å². The Labute approximate surface area is 122 Å². The summed E-state index contributed by atoms with van der Waals surface area (Å²) in [5.74, 6) is -0.117. The molecule has 0 atom stereocenters. The van der Waals surface area contributed by atoms with Gasteiger partial charge in [-0.1, -0.05) is 23.2 Å². The second-order valence-corrected chi connectivity index (χ2v) is 4.72. The first-order valence-corrected chi connectivity index (χ1v) is 6.18. The molecule has 0 fully saturated rings. The number of hydrogen-bond donors (Lipinski definition) is 1. The third-order valence-corrected chi connectivity index (χ3v) is 3.43. The summed E-state index contributed by atoms with van der Waals surface area (Å²) in [6.07, 6.45) is -3.46. The van der Waals surface area contributed by atoms with Crippen LogP contribution in [0, 0.1) is 0 Å². The topological polar surface area (TPSA) is 42.7 Å². The molecule has 20 heavy (non-hydrogen) atoms. The average Bonchev–Trinajstić information content (AvgIpc) is 2.63. The smallest absolute Gasteiger partial charge is 0.349 e. The molecular weight excluding hydrogens is 316 g/mol. The maximum Gasteiger partial charge on any atom is 0.433 e. The summed E-state index contributed by atoms with van der Waals surface area (Å²) < 4.78 is 39.1. The molecule has 0 amide bonds. The molecule has 0 unspecified atom stereocenters. The van der Waals surface area contributed by atoms with Gasteiger partial charge in [-0.2, -0.15) is 13.2 Å². The van der Waals surface area contributed by atoms with Crippen molar-refractivity contribution in [3.8, 4) is 0 Å². The number of nitrogens with one attached hydrogen (secondary N) is 1. The van der Waals surface area contributed by atoms with E-state index in [0.717, 1.165) is 12.3 Å². The molecule has 2 aromatic heterocycles. The Morgan fingerprint density at radius 3 is 2.60 bits per heavy atom. The van der Waals surface area contributed by atoms with Crippen molar-refractivity contribution in [3.05, 3.63) is 39.9 Å². The summed E-state index contributed by atoms with van der Waals surface area (Å²) in [5, 5.41) is 3.42. The Hall–Kier alpha value is -1.47. The second-order valence-electron chi connectivity index (χ2n) is 3.95. The fourth-order valence-electron chi connectivity index (χ4n) is 1.53. The van der Waals surface area contributed by atoms with Crippen molar-refractivity contribution < 1.29 is 13.2 Å². The fraction of sp³-hybridized carbons (Fsp3) is 0.273. The standard InChI is InChI=1S/C11H9Cl2F3N4/c1-20-6(4-7(12)9(20)13)5-18-10-17-3-2-8(19-10)11(14,15)16/h2-4H,5H2,1H3,(H,17,18,19). The predicted molar refractivity (Wildman–Crippen MR) is 69.8 cm³/mol. The molecule has 0 saturated heterocycles. The maximum absolute atomic E-state index is 12.5. The summed E-state index contributed by atoms with van der Waals surface area (Å²) in [6.45, 7) is 0.199. The van der Waals surface area contributed by atoms with Gasteiger partial charge in [-0.15, -0.1) is 0 Å². The van der Waals surface area contributed by atoms with E-state index in [9.17, 15) is 13.2 Å². The molecule has 0 aromatic carbocycles. The molecule has 0 aliphatic carbocycles. The quantitative estimate of drug-likeness (QED) is 0.934. The molecule has 2 rings (SSSR count). The first-order chi connectivity index (χ1) is 9.29. The van der Waals surface area contributed by atoms with Crippen molar-refractivity contribution in [2.75, 3.05) is 5.32 Å². The monoisotopic (exact) mass is 324 g/mol. The van der Waals surface area contributed by atoms with Crippen molar-refractivity contribution in [1.29, 1.82) is 0 Å². The maximum atomic E-state index is 12.5. The predicted octanol–water partition coefficient (Wildman–Crippen LogP) is 3.75. The van der Waals surface area contributed by atoms with E-state index in [1.807, 2.05) is 0 Å². The van der Waals surface area contributed by atoms with Crippen LogP contribution >= 0.6 is 23.2 Å². The van der Waals surface area contributed by atoms with Crippen molar-refractivity contribution in [1.82, 2.24) is 14.5 Å². The molecule has 9 heteroatoms. The van der Waals surface area contributed by atoms with Crippen molar-refractivity contribution >= 4 is 29.2 Å². The molecule has 2 heterocycles. The van der Waals surface area contributed by atoms with Crippen LogP contribution in [0.4, 0.5) is 19.1 Å². The Balaban J connectivity index is 2.13. The average molecular weight is 325 g/mol. The van der Waals surface area contributed by atoms with Crippen LogP contribution in [-0.2, 0) is 19.8 Å². The Morgan fingerprint density at radius 2 is 2.05 bits per heavy atom. The van der Waals surface area contributed by atoms with Crippen molar-refractivity contribution in [2.45, 2.75) is 12.7 Å². The van der Waals surface area contributed by atoms with Crippen LogP contribution < -0.4 is 5.32 Å². The van der Waals surface area contributed by atoms with Crippen molar-refractivity contribution in [2.24, 2.45) is 7.05 Å². The molecule has 4 nitrogen and oxygen atoms in total. The van der Waals surface area contributed by atoms with Gasteiger partial charge in [0.1, 0.15) is 10.8 Å². The zero-order valence-electron chi connectivity index (χ0n) is 10.2. The van der Waals surface area contributed by atoms with Crippen LogP contribution in [0.2, 0.25) is 10.2 Å². The molecule has 108 valence electrons. The van der Waals surface area contributed by atoms with Gasteiger partial charge in [0.2, 0.25) is 5.95 Å². The van der Waals surface area contributed by atoms with E-state index in [2.05, 4.69) is 15.3 Å². The zero-order valence-corrected chi connectivity index (χ0v) is 11.7. The third-order valence-electron chi connectivity index (χ3n) is 2.59.